The van der Waals surface area contributed by atoms with E-state index in [1.807, 2.05) is 97.1 Å². The van der Waals surface area contributed by atoms with Crippen LogP contribution in [-0.4, -0.2) is 12.3 Å². The number of hydrogen-bond donors (Lipinski definition) is 1. The SMILES string of the molecule is O=C1CNc2cc(Oc3ccccc3)c3c(c21)OC(c1ccccc1)(c1ccccc1)O3. The van der Waals surface area contributed by atoms with Gasteiger partial charge in [0.25, 0.3) is 0 Å². The molecule has 32 heavy (non-hydrogen) atoms. The Morgan fingerprint density at radius 3 is 1.94 bits per heavy atom. The van der Waals surface area contributed by atoms with Gasteiger partial charge in [0.05, 0.1) is 17.8 Å². The van der Waals surface area contributed by atoms with E-state index >= 15 is 0 Å². The lowest BCUT2D eigenvalue weighted by atomic mass is 9.97. The average molecular weight is 421 g/mol. The fourth-order valence-electron chi connectivity index (χ4n) is 4.21. The topological polar surface area (TPSA) is 56.8 Å². The van der Waals surface area contributed by atoms with E-state index < -0.39 is 5.79 Å². The number of Topliss-reactive ketones (excluding diaryl/α,β-unsaturated/α-hetero) is 1. The number of hydrogen-bond acceptors (Lipinski definition) is 5. The molecule has 2 aliphatic heterocycles. The van der Waals surface area contributed by atoms with Gasteiger partial charge in [-0.15, -0.1) is 0 Å². The second kappa shape index (κ2) is 7.17. The molecule has 2 heterocycles. The average Bonchev–Trinajstić information content (AvgIpc) is 3.43. The Bertz CT molecular complexity index is 1260. The number of ether oxygens (including phenoxy) is 3. The number of carbonyl (C=O) groups excluding carboxylic acids is 1. The van der Waals surface area contributed by atoms with Gasteiger partial charge >= 0.3 is 5.79 Å². The first-order valence-electron chi connectivity index (χ1n) is 10.4. The minimum atomic E-state index is -1.24. The van der Waals surface area contributed by atoms with E-state index in [4.69, 9.17) is 14.2 Å². The normalized spacial score (nSPS) is 15.2. The summed E-state index contributed by atoms with van der Waals surface area (Å²) >= 11 is 0. The van der Waals surface area contributed by atoms with Crippen molar-refractivity contribution in [2.24, 2.45) is 0 Å². The highest BCUT2D eigenvalue weighted by molar-refractivity contribution is 6.11. The number of para-hydroxylation sites is 1. The Balaban J connectivity index is 1.56. The number of anilines is 1. The Labute approximate surface area is 185 Å². The maximum atomic E-state index is 12.7. The smallest absolute Gasteiger partial charge is 0.305 e. The van der Waals surface area contributed by atoms with Crippen LogP contribution in [-0.2, 0) is 5.79 Å². The van der Waals surface area contributed by atoms with Gasteiger partial charge in [0.1, 0.15) is 5.75 Å². The lowest BCUT2D eigenvalue weighted by Crippen LogP contribution is -2.36. The third kappa shape index (κ3) is 2.82. The van der Waals surface area contributed by atoms with Crippen LogP contribution < -0.4 is 19.5 Å². The van der Waals surface area contributed by atoms with Gasteiger partial charge in [0, 0.05) is 17.2 Å². The first kappa shape index (κ1) is 18.5. The first-order valence-corrected chi connectivity index (χ1v) is 10.4. The van der Waals surface area contributed by atoms with Gasteiger partial charge in [-0.05, 0) is 12.1 Å². The number of ketones is 1. The summed E-state index contributed by atoms with van der Waals surface area (Å²) in [5.41, 5.74) is 2.81. The standard InChI is InChI=1S/C27H19NO4/c29-22-17-28-21-16-23(30-20-14-8-3-9-15-20)25-26(24(21)22)32-27(31-25,18-10-4-1-5-11-18)19-12-6-2-7-13-19/h1-16,28H,17H2. The largest absolute Gasteiger partial charge is 0.453 e. The maximum Gasteiger partial charge on any atom is 0.305 e. The fourth-order valence-corrected chi connectivity index (χ4v) is 4.21. The van der Waals surface area contributed by atoms with Gasteiger partial charge in [-0.1, -0.05) is 78.9 Å². The molecule has 6 rings (SSSR count). The van der Waals surface area contributed by atoms with E-state index in [9.17, 15) is 4.79 Å². The molecule has 0 amide bonds. The van der Waals surface area contributed by atoms with Gasteiger partial charge in [-0.25, -0.2) is 0 Å². The van der Waals surface area contributed by atoms with Gasteiger partial charge < -0.3 is 19.5 Å². The summed E-state index contributed by atoms with van der Waals surface area (Å²) in [6, 6.07) is 30.7. The van der Waals surface area contributed by atoms with Gasteiger partial charge in [0.15, 0.2) is 17.3 Å². The number of benzene rings is 4. The maximum absolute atomic E-state index is 12.7. The van der Waals surface area contributed by atoms with E-state index in [0.717, 1.165) is 11.1 Å². The molecule has 0 spiro atoms. The molecule has 5 nitrogen and oxygen atoms in total. The van der Waals surface area contributed by atoms with E-state index in [2.05, 4.69) is 5.32 Å². The summed E-state index contributed by atoms with van der Waals surface area (Å²) in [6.45, 7) is 0.212. The lowest BCUT2D eigenvalue weighted by molar-refractivity contribution is -0.0467. The Morgan fingerprint density at radius 2 is 1.31 bits per heavy atom. The van der Waals surface area contributed by atoms with E-state index in [0.29, 0.717) is 34.2 Å². The predicted molar refractivity (Wildman–Crippen MR) is 121 cm³/mol. The van der Waals surface area contributed by atoms with Crippen molar-refractivity contribution in [3.05, 3.63) is 114 Å². The molecule has 0 aromatic heterocycles. The molecule has 0 unspecified atom stereocenters. The summed E-state index contributed by atoms with van der Waals surface area (Å²) in [4.78, 5) is 12.7. The predicted octanol–water partition coefficient (Wildman–Crippen LogP) is 5.76. The van der Waals surface area contributed by atoms with Crippen LogP contribution in [0, 0.1) is 0 Å². The minimum absolute atomic E-state index is 0.0389. The molecule has 0 aliphatic carbocycles. The van der Waals surface area contributed by atoms with Crippen LogP contribution >= 0.6 is 0 Å². The zero-order valence-electron chi connectivity index (χ0n) is 17.1. The van der Waals surface area contributed by atoms with Crippen molar-refractivity contribution in [3.8, 4) is 23.0 Å². The van der Waals surface area contributed by atoms with Crippen LogP contribution in [0.2, 0.25) is 0 Å². The van der Waals surface area contributed by atoms with Crippen molar-refractivity contribution < 1.29 is 19.0 Å². The summed E-state index contributed by atoms with van der Waals surface area (Å²) in [5.74, 6) is 0.689. The highest BCUT2D eigenvalue weighted by Crippen LogP contribution is 2.57. The molecular weight excluding hydrogens is 402 g/mol. The quantitative estimate of drug-likeness (QED) is 0.454. The lowest BCUT2D eigenvalue weighted by Gasteiger charge is -2.28. The van der Waals surface area contributed by atoms with Crippen LogP contribution in [0.4, 0.5) is 5.69 Å². The van der Waals surface area contributed by atoms with Crippen LogP contribution in [0.3, 0.4) is 0 Å². The molecule has 5 heteroatoms. The summed E-state index contributed by atoms with van der Waals surface area (Å²) in [5, 5.41) is 3.15. The van der Waals surface area contributed by atoms with Crippen LogP contribution in [0.25, 0.3) is 0 Å². The Hall–Kier alpha value is -4.25. The molecule has 4 aromatic carbocycles. The van der Waals surface area contributed by atoms with Crippen molar-refractivity contribution in [2.45, 2.75) is 5.79 Å². The molecule has 0 atom stereocenters. The molecule has 1 N–H and O–H groups in total. The van der Waals surface area contributed by atoms with E-state index in [-0.39, 0.29) is 12.3 Å². The Kier molecular flexibility index (Phi) is 4.15. The van der Waals surface area contributed by atoms with E-state index in [1.165, 1.54) is 0 Å². The fraction of sp³-hybridized carbons (Fsp3) is 0.0741. The summed E-state index contributed by atoms with van der Waals surface area (Å²) < 4.78 is 19.4. The molecule has 0 radical (unpaired) electrons. The van der Waals surface area contributed by atoms with Crippen molar-refractivity contribution in [2.75, 3.05) is 11.9 Å². The molecule has 0 saturated heterocycles. The summed E-state index contributed by atoms with van der Waals surface area (Å²) in [6.07, 6.45) is 0. The van der Waals surface area contributed by atoms with E-state index in [1.54, 1.807) is 0 Å². The third-order valence-corrected chi connectivity index (χ3v) is 5.69. The first-order chi connectivity index (χ1) is 15.7. The number of nitrogens with one attached hydrogen (secondary N) is 1. The highest BCUT2D eigenvalue weighted by atomic mass is 16.7. The molecule has 0 bridgehead atoms. The van der Waals surface area contributed by atoms with Crippen molar-refractivity contribution in [1.82, 2.24) is 0 Å². The van der Waals surface area contributed by atoms with Crippen LogP contribution in [0.5, 0.6) is 23.0 Å². The van der Waals surface area contributed by atoms with Gasteiger partial charge in [0.2, 0.25) is 5.75 Å². The van der Waals surface area contributed by atoms with Crippen LogP contribution in [0.15, 0.2) is 97.1 Å². The second-order valence-corrected chi connectivity index (χ2v) is 7.70. The molecule has 156 valence electrons. The monoisotopic (exact) mass is 421 g/mol. The third-order valence-electron chi connectivity index (χ3n) is 5.69. The second-order valence-electron chi connectivity index (χ2n) is 7.70. The van der Waals surface area contributed by atoms with Gasteiger partial charge in [-0.3, -0.25) is 4.79 Å². The van der Waals surface area contributed by atoms with Gasteiger partial charge in [-0.2, -0.15) is 0 Å². The minimum Gasteiger partial charge on any atom is -0.453 e. The van der Waals surface area contributed by atoms with Crippen LogP contribution in [0.1, 0.15) is 21.5 Å². The van der Waals surface area contributed by atoms with Crippen molar-refractivity contribution in [1.29, 1.82) is 0 Å². The molecule has 0 fully saturated rings. The number of fused-ring (bicyclic) bond motifs is 3. The molecular formula is C27H19NO4. The Morgan fingerprint density at radius 1 is 0.750 bits per heavy atom. The van der Waals surface area contributed by atoms with Crippen molar-refractivity contribution >= 4 is 11.5 Å². The zero-order chi connectivity index (χ0) is 21.5. The van der Waals surface area contributed by atoms with Crippen molar-refractivity contribution in [3.63, 3.8) is 0 Å². The molecule has 0 saturated carbocycles. The number of carbonyl (C=O) groups is 1. The summed E-state index contributed by atoms with van der Waals surface area (Å²) in [7, 11) is 0. The highest BCUT2D eigenvalue weighted by Gasteiger charge is 2.49. The number of rotatable bonds is 4. The molecule has 4 aromatic rings. The molecule has 2 aliphatic rings. The zero-order valence-corrected chi connectivity index (χ0v) is 17.1.